The number of thiophene rings is 1. The van der Waals surface area contributed by atoms with Gasteiger partial charge in [-0.05, 0) is 54.1 Å². The Bertz CT molecular complexity index is 399. The highest BCUT2D eigenvalue weighted by Gasteiger charge is 2.30. The Balaban J connectivity index is 1.87. The first-order valence-electron chi connectivity index (χ1n) is 7.28. The van der Waals surface area contributed by atoms with Crippen LogP contribution in [0.3, 0.4) is 0 Å². The average molecular weight is 279 g/mol. The summed E-state index contributed by atoms with van der Waals surface area (Å²) in [7, 11) is 2.13. The topological polar surface area (TPSA) is 20.3 Å². The largest absolute Gasteiger partial charge is 0.301 e. The summed E-state index contributed by atoms with van der Waals surface area (Å²) in [6, 6.07) is 2.17. The minimum Gasteiger partial charge on any atom is -0.301 e. The van der Waals surface area contributed by atoms with E-state index in [0.717, 1.165) is 38.3 Å². The van der Waals surface area contributed by atoms with Crippen molar-refractivity contribution in [1.29, 1.82) is 0 Å². The number of nitrogens with zero attached hydrogens (tertiary/aromatic N) is 1. The smallest absolute Gasteiger partial charge is 0.137 e. The van der Waals surface area contributed by atoms with Crippen molar-refractivity contribution >= 4 is 17.1 Å². The molecule has 0 saturated heterocycles. The molecule has 2 unspecified atom stereocenters. The molecule has 2 atom stereocenters. The van der Waals surface area contributed by atoms with Gasteiger partial charge in [-0.2, -0.15) is 11.3 Å². The molecule has 1 heterocycles. The van der Waals surface area contributed by atoms with Gasteiger partial charge in [0.1, 0.15) is 5.78 Å². The number of ketones is 1. The van der Waals surface area contributed by atoms with Crippen LogP contribution in [-0.2, 0) is 11.3 Å². The molecule has 0 aromatic carbocycles. The lowest BCUT2D eigenvalue weighted by Crippen LogP contribution is -2.35. The number of hydrogen-bond acceptors (Lipinski definition) is 3. The molecule has 106 valence electrons. The molecule has 2 rings (SSSR count). The van der Waals surface area contributed by atoms with Crippen molar-refractivity contribution in [3.8, 4) is 0 Å². The third-order valence-electron chi connectivity index (χ3n) is 4.31. The molecular weight excluding hydrogens is 254 g/mol. The molecule has 1 aliphatic carbocycles. The molecular formula is C16H25NOS. The van der Waals surface area contributed by atoms with Gasteiger partial charge in [-0.15, -0.1) is 0 Å². The van der Waals surface area contributed by atoms with Gasteiger partial charge < -0.3 is 4.90 Å². The lowest BCUT2D eigenvalue weighted by atomic mass is 9.75. The van der Waals surface area contributed by atoms with Gasteiger partial charge in [-0.3, -0.25) is 4.79 Å². The van der Waals surface area contributed by atoms with E-state index in [4.69, 9.17) is 0 Å². The van der Waals surface area contributed by atoms with E-state index in [0.29, 0.717) is 11.7 Å². The van der Waals surface area contributed by atoms with E-state index in [2.05, 4.69) is 42.6 Å². The zero-order valence-corrected chi connectivity index (χ0v) is 13.1. The van der Waals surface area contributed by atoms with Crippen molar-refractivity contribution in [3.63, 3.8) is 0 Å². The second-order valence-corrected chi connectivity index (χ2v) is 7.05. The molecule has 0 N–H and O–H groups in total. The molecule has 0 bridgehead atoms. The van der Waals surface area contributed by atoms with Crippen molar-refractivity contribution in [2.24, 2.45) is 17.8 Å². The van der Waals surface area contributed by atoms with E-state index >= 15 is 0 Å². The molecule has 3 heteroatoms. The Kier molecular flexibility index (Phi) is 5.17. The molecule has 0 aliphatic heterocycles. The van der Waals surface area contributed by atoms with Gasteiger partial charge in [0, 0.05) is 25.4 Å². The first-order chi connectivity index (χ1) is 9.06. The first-order valence-corrected chi connectivity index (χ1v) is 8.23. The second-order valence-electron chi connectivity index (χ2n) is 6.27. The lowest BCUT2D eigenvalue weighted by Gasteiger charge is -2.32. The summed E-state index contributed by atoms with van der Waals surface area (Å²) < 4.78 is 0. The van der Waals surface area contributed by atoms with Gasteiger partial charge in [-0.1, -0.05) is 13.8 Å². The molecule has 1 aromatic heterocycles. The summed E-state index contributed by atoms with van der Waals surface area (Å²) >= 11 is 1.74. The van der Waals surface area contributed by atoms with Gasteiger partial charge in [0.25, 0.3) is 0 Å². The van der Waals surface area contributed by atoms with Crippen LogP contribution in [0.25, 0.3) is 0 Å². The molecule has 19 heavy (non-hydrogen) atoms. The molecule has 0 amide bonds. The van der Waals surface area contributed by atoms with Crippen LogP contribution in [0.15, 0.2) is 16.8 Å². The SMILES string of the molecule is CC(C)C1CCC(=O)C(CN(C)Cc2ccsc2)C1. The van der Waals surface area contributed by atoms with Gasteiger partial charge >= 0.3 is 0 Å². The zero-order chi connectivity index (χ0) is 13.8. The van der Waals surface area contributed by atoms with E-state index in [1.165, 1.54) is 5.56 Å². The minimum atomic E-state index is 0.254. The van der Waals surface area contributed by atoms with Gasteiger partial charge in [0.15, 0.2) is 0 Å². The monoisotopic (exact) mass is 279 g/mol. The van der Waals surface area contributed by atoms with Crippen LogP contribution in [-0.4, -0.2) is 24.3 Å². The maximum Gasteiger partial charge on any atom is 0.137 e. The lowest BCUT2D eigenvalue weighted by molar-refractivity contribution is -0.126. The molecule has 0 spiro atoms. The number of Topliss-reactive ketones (excluding diaryl/α,β-unsaturated/α-hetero) is 1. The molecule has 1 saturated carbocycles. The Morgan fingerprint density at radius 2 is 2.26 bits per heavy atom. The maximum atomic E-state index is 12.1. The molecule has 1 aromatic rings. The van der Waals surface area contributed by atoms with Crippen LogP contribution < -0.4 is 0 Å². The normalized spacial score (nSPS) is 24.4. The molecule has 1 fully saturated rings. The van der Waals surface area contributed by atoms with Crippen LogP contribution in [0.1, 0.15) is 38.7 Å². The van der Waals surface area contributed by atoms with Crippen molar-refractivity contribution in [2.45, 2.75) is 39.7 Å². The van der Waals surface area contributed by atoms with E-state index in [-0.39, 0.29) is 5.92 Å². The summed E-state index contributed by atoms with van der Waals surface area (Å²) in [4.78, 5) is 14.4. The Hall–Kier alpha value is -0.670. The molecule has 2 nitrogen and oxygen atoms in total. The fourth-order valence-corrected chi connectivity index (χ4v) is 3.72. The van der Waals surface area contributed by atoms with E-state index < -0.39 is 0 Å². The molecule has 0 radical (unpaired) electrons. The Labute approximate surface area is 120 Å². The fraction of sp³-hybridized carbons (Fsp3) is 0.688. The fourth-order valence-electron chi connectivity index (χ4n) is 3.06. The quantitative estimate of drug-likeness (QED) is 0.816. The standard InChI is InChI=1S/C16H25NOS/c1-12(2)14-4-5-16(18)15(8-14)10-17(3)9-13-6-7-19-11-13/h6-7,11-12,14-15H,4-5,8-10H2,1-3H3. The predicted octanol–water partition coefficient (Wildman–Crippen LogP) is 3.82. The van der Waals surface area contributed by atoms with Gasteiger partial charge in [-0.25, -0.2) is 0 Å². The van der Waals surface area contributed by atoms with Gasteiger partial charge in [0.2, 0.25) is 0 Å². The predicted molar refractivity (Wildman–Crippen MR) is 81.3 cm³/mol. The number of hydrogen-bond donors (Lipinski definition) is 0. The highest BCUT2D eigenvalue weighted by atomic mass is 32.1. The molecule has 1 aliphatic rings. The van der Waals surface area contributed by atoms with Gasteiger partial charge in [0.05, 0.1) is 0 Å². The first kappa shape index (κ1) is 14.7. The summed E-state index contributed by atoms with van der Waals surface area (Å²) in [6.07, 6.45) is 2.98. The van der Waals surface area contributed by atoms with Crippen LogP contribution in [0, 0.1) is 17.8 Å². The van der Waals surface area contributed by atoms with Crippen molar-refractivity contribution in [2.75, 3.05) is 13.6 Å². The van der Waals surface area contributed by atoms with Crippen LogP contribution in [0.4, 0.5) is 0 Å². The highest BCUT2D eigenvalue weighted by molar-refractivity contribution is 7.07. The maximum absolute atomic E-state index is 12.1. The van der Waals surface area contributed by atoms with Crippen molar-refractivity contribution in [3.05, 3.63) is 22.4 Å². The van der Waals surface area contributed by atoms with E-state index in [9.17, 15) is 4.79 Å². The highest BCUT2D eigenvalue weighted by Crippen LogP contribution is 2.32. The summed E-state index contributed by atoms with van der Waals surface area (Å²) in [6.45, 7) is 6.44. The van der Waals surface area contributed by atoms with Crippen LogP contribution in [0.2, 0.25) is 0 Å². The second kappa shape index (κ2) is 6.67. The Morgan fingerprint density at radius 1 is 1.47 bits per heavy atom. The van der Waals surface area contributed by atoms with E-state index in [1.807, 2.05) is 0 Å². The van der Waals surface area contributed by atoms with Crippen LogP contribution >= 0.6 is 11.3 Å². The number of carbonyl (C=O) groups excluding carboxylic acids is 1. The minimum absolute atomic E-state index is 0.254. The summed E-state index contributed by atoms with van der Waals surface area (Å²) in [5.41, 5.74) is 1.36. The van der Waals surface area contributed by atoms with E-state index in [1.54, 1.807) is 11.3 Å². The van der Waals surface area contributed by atoms with Crippen molar-refractivity contribution in [1.82, 2.24) is 4.90 Å². The Morgan fingerprint density at radius 3 is 2.89 bits per heavy atom. The average Bonchev–Trinajstić information content (AvgIpc) is 2.84. The number of rotatable bonds is 5. The summed E-state index contributed by atoms with van der Waals surface area (Å²) in [5, 5.41) is 4.31. The van der Waals surface area contributed by atoms with Crippen LogP contribution in [0.5, 0.6) is 0 Å². The summed E-state index contributed by atoms with van der Waals surface area (Å²) in [5.74, 6) is 2.17. The zero-order valence-electron chi connectivity index (χ0n) is 12.3. The van der Waals surface area contributed by atoms with Crippen molar-refractivity contribution < 1.29 is 4.79 Å². The third-order valence-corrected chi connectivity index (χ3v) is 5.04. The third kappa shape index (κ3) is 4.15. The number of carbonyl (C=O) groups is 1.